The standard InChI is InChI=1S/C24H29N5O4S/c1-6-16-15(5)25-24(29-14(4)11-13(3)27-29)28(22(16)31)12-19(30)26-21-20(23(32)33-7-2)17-9-8-10-18(17)34-21/h11H,6-10,12H2,1-5H3,(H,26,30). The molecule has 1 aliphatic carbocycles. The third-order valence-electron chi connectivity index (χ3n) is 5.96. The van der Waals surface area contributed by atoms with Gasteiger partial charge in [-0.2, -0.15) is 5.10 Å². The van der Waals surface area contributed by atoms with E-state index in [4.69, 9.17) is 4.74 Å². The Bertz CT molecular complexity index is 1330. The van der Waals surface area contributed by atoms with Gasteiger partial charge in [0.25, 0.3) is 5.56 Å². The topological polar surface area (TPSA) is 108 Å². The predicted octanol–water partition coefficient (Wildman–Crippen LogP) is 3.28. The van der Waals surface area contributed by atoms with Crippen molar-refractivity contribution in [2.24, 2.45) is 0 Å². The third kappa shape index (κ3) is 4.29. The van der Waals surface area contributed by atoms with Crippen LogP contribution in [0.25, 0.3) is 5.95 Å². The molecule has 0 saturated heterocycles. The van der Waals surface area contributed by atoms with E-state index in [1.807, 2.05) is 26.8 Å². The lowest BCUT2D eigenvalue weighted by Gasteiger charge is -2.16. The quantitative estimate of drug-likeness (QED) is 0.517. The molecule has 3 aromatic heterocycles. The number of ether oxygens (including phenoxy) is 1. The van der Waals surface area contributed by atoms with Crippen LogP contribution in [0.5, 0.6) is 0 Å². The van der Waals surface area contributed by atoms with E-state index in [2.05, 4.69) is 15.4 Å². The summed E-state index contributed by atoms with van der Waals surface area (Å²) in [5, 5.41) is 7.81. The van der Waals surface area contributed by atoms with Crippen molar-refractivity contribution in [2.75, 3.05) is 11.9 Å². The van der Waals surface area contributed by atoms with Crippen LogP contribution >= 0.6 is 11.3 Å². The minimum atomic E-state index is -0.428. The summed E-state index contributed by atoms with van der Waals surface area (Å²) in [6, 6.07) is 1.89. The van der Waals surface area contributed by atoms with E-state index in [0.717, 1.165) is 41.1 Å². The largest absolute Gasteiger partial charge is 0.462 e. The van der Waals surface area contributed by atoms with Gasteiger partial charge in [0, 0.05) is 16.1 Å². The highest BCUT2D eigenvalue weighted by Crippen LogP contribution is 2.39. The van der Waals surface area contributed by atoms with Crippen LogP contribution < -0.4 is 10.9 Å². The molecular weight excluding hydrogens is 454 g/mol. The SMILES string of the molecule is CCOC(=O)c1c(NC(=O)Cn2c(-n3nc(C)cc3C)nc(C)c(CC)c2=O)sc2c1CCC2. The summed E-state index contributed by atoms with van der Waals surface area (Å²) in [6.45, 7) is 9.17. The van der Waals surface area contributed by atoms with Crippen molar-refractivity contribution in [3.05, 3.63) is 55.1 Å². The van der Waals surface area contributed by atoms with Gasteiger partial charge in [0.1, 0.15) is 11.5 Å². The average molecular weight is 484 g/mol. The second-order valence-corrected chi connectivity index (χ2v) is 9.49. The molecule has 0 fully saturated rings. The third-order valence-corrected chi connectivity index (χ3v) is 7.16. The first-order chi connectivity index (χ1) is 16.2. The fraction of sp³-hybridized carbons (Fsp3) is 0.458. The minimum absolute atomic E-state index is 0.252. The van der Waals surface area contributed by atoms with Crippen LogP contribution in [0.4, 0.5) is 5.00 Å². The number of hydrogen-bond acceptors (Lipinski definition) is 7. The normalized spacial score (nSPS) is 12.6. The van der Waals surface area contributed by atoms with Gasteiger partial charge in [0.05, 0.1) is 23.6 Å². The second kappa shape index (κ2) is 9.54. The molecule has 34 heavy (non-hydrogen) atoms. The first-order valence-corrected chi connectivity index (χ1v) is 12.3. The first kappa shape index (κ1) is 23.9. The molecule has 180 valence electrons. The van der Waals surface area contributed by atoms with Crippen LogP contribution in [0.2, 0.25) is 0 Å². The Morgan fingerprint density at radius 1 is 1.21 bits per heavy atom. The van der Waals surface area contributed by atoms with Gasteiger partial charge < -0.3 is 10.1 Å². The van der Waals surface area contributed by atoms with E-state index in [1.54, 1.807) is 18.5 Å². The van der Waals surface area contributed by atoms with Crippen molar-refractivity contribution >= 4 is 28.2 Å². The zero-order valence-electron chi connectivity index (χ0n) is 20.2. The van der Waals surface area contributed by atoms with Gasteiger partial charge in [-0.1, -0.05) is 6.92 Å². The van der Waals surface area contributed by atoms with Gasteiger partial charge in [-0.15, -0.1) is 11.3 Å². The first-order valence-electron chi connectivity index (χ1n) is 11.5. The van der Waals surface area contributed by atoms with Gasteiger partial charge in [0.15, 0.2) is 0 Å². The summed E-state index contributed by atoms with van der Waals surface area (Å²) in [5.41, 5.74) is 3.90. The average Bonchev–Trinajstić information content (AvgIpc) is 3.44. The van der Waals surface area contributed by atoms with Crippen molar-refractivity contribution in [1.29, 1.82) is 0 Å². The number of esters is 1. The molecule has 0 atom stereocenters. The highest BCUT2D eigenvalue weighted by Gasteiger charge is 2.29. The molecule has 3 heterocycles. The molecule has 0 saturated carbocycles. The maximum atomic E-state index is 13.3. The molecular formula is C24H29N5O4S. The van der Waals surface area contributed by atoms with Gasteiger partial charge in [-0.3, -0.25) is 14.2 Å². The van der Waals surface area contributed by atoms with E-state index in [9.17, 15) is 14.4 Å². The van der Waals surface area contributed by atoms with Gasteiger partial charge >= 0.3 is 5.97 Å². The van der Waals surface area contributed by atoms with E-state index < -0.39 is 11.9 Å². The molecule has 10 heteroatoms. The van der Waals surface area contributed by atoms with Crippen LogP contribution in [0.1, 0.15) is 63.7 Å². The summed E-state index contributed by atoms with van der Waals surface area (Å²) in [6.07, 6.45) is 3.16. The number of anilines is 1. The van der Waals surface area contributed by atoms with Crippen LogP contribution in [0.15, 0.2) is 10.9 Å². The van der Waals surface area contributed by atoms with Gasteiger partial charge in [-0.05, 0) is 65.0 Å². The number of fused-ring (bicyclic) bond motifs is 1. The number of amides is 1. The zero-order chi connectivity index (χ0) is 24.6. The molecule has 4 rings (SSSR count). The monoisotopic (exact) mass is 483 g/mol. The minimum Gasteiger partial charge on any atom is -0.462 e. The zero-order valence-corrected chi connectivity index (χ0v) is 21.0. The van der Waals surface area contributed by atoms with Crippen LogP contribution in [-0.2, 0) is 35.3 Å². The number of carbonyl (C=O) groups excluding carboxylic acids is 2. The number of nitrogens with zero attached hydrogens (tertiary/aromatic N) is 4. The number of aryl methyl sites for hydroxylation is 4. The summed E-state index contributed by atoms with van der Waals surface area (Å²) in [7, 11) is 0. The molecule has 0 aromatic carbocycles. The highest BCUT2D eigenvalue weighted by atomic mass is 32.1. The second-order valence-electron chi connectivity index (χ2n) is 8.39. The molecule has 1 N–H and O–H groups in total. The number of thiophene rings is 1. The van der Waals surface area contributed by atoms with Gasteiger partial charge in [0.2, 0.25) is 11.9 Å². The highest BCUT2D eigenvalue weighted by molar-refractivity contribution is 7.17. The predicted molar refractivity (Wildman–Crippen MR) is 130 cm³/mol. The van der Waals surface area contributed by atoms with Crippen molar-refractivity contribution in [3.8, 4) is 5.95 Å². The fourth-order valence-electron chi connectivity index (χ4n) is 4.45. The fourth-order valence-corrected chi connectivity index (χ4v) is 5.74. The molecule has 0 bridgehead atoms. The van der Waals surface area contributed by atoms with Crippen molar-refractivity contribution in [1.82, 2.24) is 19.3 Å². The van der Waals surface area contributed by atoms with Gasteiger partial charge in [-0.25, -0.2) is 14.5 Å². The van der Waals surface area contributed by atoms with E-state index in [0.29, 0.717) is 34.2 Å². The molecule has 0 spiro atoms. The Kier molecular flexibility index (Phi) is 6.70. The summed E-state index contributed by atoms with van der Waals surface area (Å²) >= 11 is 1.41. The molecule has 1 aliphatic rings. The van der Waals surface area contributed by atoms with Crippen molar-refractivity contribution in [3.63, 3.8) is 0 Å². The van der Waals surface area contributed by atoms with Crippen LogP contribution in [0.3, 0.4) is 0 Å². The Morgan fingerprint density at radius 3 is 2.62 bits per heavy atom. The number of aromatic nitrogens is 4. The molecule has 0 radical (unpaired) electrons. The number of nitrogens with one attached hydrogen (secondary N) is 1. The molecule has 0 unspecified atom stereocenters. The lowest BCUT2D eigenvalue weighted by molar-refractivity contribution is -0.116. The lowest BCUT2D eigenvalue weighted by atomic mass is 10.1. The number of hydrogen-bond donors (Lipinski definition) is 1. The maximum Gasteiger partial charge on any atom is 0.341 e. The van der Waals surface area contributed by atoms with E-state index >= 15 is 0 Å². The smallest absolute Gasteiger partial charge is 0.341 e. The molecule has 3 aromatic rings. The van der Waals surface area contributed by atoms with E-state index in [1.165, 1.54) is 15.9 Å². The number of rotatable bonds is 7. The van der Waals surface area contributed by atoms with Crippen molar-refractivity contribution < 1.29 is 14.3 Å². The summed E-state index contributed by atoms with van der Waals surface area (Å²) in [5.74, 6) is -0.550. The Hall–Kier alpha value is -3.27. The van der Waals surface area contributed by atoms with E-state index in [-0.39, 0.29) is 18.7 Å². The van der Waals surface area contributed by atoms with Crippen LogP contribution in [0, 0.1) is 20.8 Å². The Morgan fingerprint density at radius 2 is 1.97 bits per heavy atom. The molecule has 1 amide bonds. The summed E-state index contributed by atoms with van der Waals surface area (Å²) < 4.78 is 8.18. The molecule has 9 nitrogen and oxygen atoms in total. The Labute approximate surface area is 201 Å². The Balaban J connectivity index is 1.71. The van der Waals surface area contributed by atoms with Crippen LogP contribution in [-0.4, -0.2) is 37.8 Å². The lowest BCUT2D eigenvalue weighted by Crippen LogP contribution is -2.34. The maximum absolute atomic E-state index is 13.3. The number of carbonyl (C=O) groups is 2. The summed E-state index contributed by atoms with van der Waals surface area (Å²) in [4.78, 5) is 44.9. The molecule has 0 aliphatic heterocycles. The van der Waals surface area contributed by atoms with Crippen molar-refractivity contribution in [2.45, 2.75) is 66.8 Å².